The zero-order valence-electron chi connectivity index (χ0n) is 20.8. The van der Waals surface area contributed by atoms with Crippen LogP contribution in [0.25, 0.3) is 10.9 Å². The van der Waals surface area contributed by atoms with E-state index in [2.05, 4.69) is 61.6 Å². The highest BCUT2D eigenvalue weighted by atomic mass is 35.5. The lowest BCUT2D eigenvalue weighted by molar-refractivity contribution is 0.0383. The Morgan fingerprint density at radius 3 is 2.78 bits per heavy atom. The molecule has 0 radical (unpaired) electrons. The Hall–Kier alpha value is -2.75. The van der Waals surface area contributed by atoms with Crippen LogP contribution in [-0.4, -0.2) is 71.6 Å². The molecule has 0 unspecified atom stereocenters. The summed E-state index contributed by atoms with van der Waals surface area (Å²) >= 11 is 7.64. The number of morpholine rings is 1. The maximum absolute atomic E-state index is 12.7. The first-order valence-electron chi connectivity index (χ1n) is 12.7. The number of nitrogens with one attached hydrogen (secondary N) is 2. The van der Waals surface area contributed by atoms with Crippen molar-refractivity contribution in [3.05, 3.63) is 87.0 Å². The Labute approximate surface area is 226 Å². The lowest BCUT2D eigenvalue weighted by Crippen LogP contribution is -2.41. The van der Waals surface area contributed by atoms with Gasteiger partial charge in [0, 0.05) is 66.8 Å². The number of fused-ring (bicyclic) bond motifs is 1. The summed E-state index contributed by atoms with van der Waals surface area (Å²) < 4.78 is 5.38. The van der Waals surface area contributed by atoms with Gasteiger partial charge in [-0.1, -0.05) is 41.9 Å². The first-order valence-corrected chi connectivity index (χ1v) is 13.9. The Bertz CT molecular complexity index is 1300. The summed E-state index contributed by atoms with van der Waals surface area (Å²) in [5, 5.41) is 7.81. The van der Waals surface area contributed by atoms with Gasteiger partial charge < -0.3 is 15.0 Å². The molecule has 1 fully saturated rings. The number of rotatable bonds is 11. The van der Waals surface area contributed by atoms with Crippen molar-refractivity contribution in [2.45, 2.75) is 19.5 Å². The second kappa shape index (κ2) is 12.7. The molecule has 1 aliphatic rings. The van der Waals surface area contributed by atoms with E-state index in [1.54, 1.807) is 0 Å². The second-order valence-corrected chi connectivity index (χ2v) is 10.7. The molecule has 0 spiro atoms. The Kier molecular flexibility index (Phi) is 8.86. The molecule has 37 heavy (non-hydrogen) atoms. The van der Waals surface area contributed by atoms with E-state index in [0.29, 0.717) is 18.8 Å². The number of aromatic amines is 1. The number of H-pyrrole nitrogens is 1. The third-order valence-electron chi connectivity index (χ3n) is 6.65. The third-order valence-corrected chi connectivity index (χ3v) is 7.74. The second-order valence-electron chi connectivity index (χ2n) is 9.28. The highest BCUT2D eigenvalue weighted by Gasteiger charge is 2.16. The molecule has 0 atom stereocenters. The number of carbonyl (C=O) groups is 1. The van der Waals surface area contributed by atoms with E-state index in [1.807, 2.05) is 23.6 Å². The number of benzene rings is 2. The van der Waals surface area contributed by atoms with Crippen molar-refractivity contribution >= 4 is 39.7 Å². The number of halogens is 1. The molecule has 2 N–H and O–H groups in total. The van der Waals surface area contributed by atoms with Gasteiger partial charge in [0.15, 0.2) is 0 Å². The first-order chi connectivity index (χ1) is 18.1. The minimum Gasteiger partial charge on any atom is -0.379 e. The maximum atomic E-state index is 12.7. The monoisotopic (exact) mass is 537 g/mol. The maximum Gasteiger partial charge on any atom is 0.270 e. The minimum atomic E-state index is -0.112. The molecule has 1 aliphatic heterocycles. The van der Waals surface area contributed by atoms with E-state index in [4.69, 9.17) is 16.3 Å². The van der Waals surface area contributed by atoms with Crippen LogP contribution in [0, 0.1) is 0 Å². The van der Waals surface area contributed by atoms with Crippen LogP contribution < -0.4 is 5.32 Å². The molecule has 0 bridgehead atoms. The number of hydrogen-bond acceptors (Lipinski definition) is 6. The SMILES string of the molecule is O=C(NCCN1CCOCC1)c1csc(CN(CCc2c[nH]c3ccccc23)Cc2ccc(Cl)cc2)n1. The lowest BCUT2D eigenvalue weighted by Gasteiger charge is -2.26. The third kappa shape index (κ3) is 7.18. The molecule has 2 aromatic heterocycles. The van der Waals surface area contributed by atoms with Crippen LogP contribution in [0.4, 0.5) is 0 Å². The highest BCUT2D eigenvalue weighted by Crippen LogP contribution is 2.21. The van der Waals surface area contributed by atoms with E-state index in [-0.39, 0.29) is 5.91 Å². The summed E-state index contributed by atoms with van der Waals surface area (Å²) in [4.78, 5) is 25.4. The normalized spacial score (nSPS) is 14.4. The number of aromatic nitrogens is 2. The summed E-state index contributed by atoms with van der Waals surface area (Å²) in [6.45, 7) is 7.11. The fraction of sp³-hybridized carbons (Fsp3) is 0.357. The van der Waals surface area contributed by atoms with Gasteiger partial charge in [0.25, 0.3) is 5.91 Å². The number of nitrogens with zero attached hydrogens (tertiary/aromatic N) is 3. The largest absolute Gasteiger partial charge is 0.379 e. The topological polar surface area (TPSA) is 73.5 Å². The minimum absolute atomic E-state index is 0.112. The van der Waals surface area contributed by atoms with Crippen LogP contribution in [0.5, 0.6) is 0 Å². The average Bonchev–Trinajstić information content (AvgIpc) is 3.56. The van der Waals surface area contributed by atoms with Crippen LogP contribution in [-0.2, 0) is 24.2 Å². The summed E-state index contributed by atoms with van der Waals surface area (Å²) in [7, 11) is 0. The average molecular weight is 538 g/mol. The van der Waals surface area contributed by atoms with Crippen LogP contribution in [0.15, 0.2) is 60.1 Å². The molecule has 1 saturated heterocycles. The van der Waals surface area contributed by atoms with Crippen LogP contribution in [0.2, 0.25) is 5.02 Å². The fourth-order valence-corrected chi connectivity index (χ4v) is 5.54. The van der Waals surface area contributed by atoms with Gasteiger partial charge in [-0.3, -0.25) is 14.6 Å². The molecular formula is C28H32ClN5O2S. The standard InChI is InChI=1S/C28H32ClN5O2S/c29-23-7-5-21(6-8-23)18-34(11-9-22-17-31-25-4-2-1-3-24(22)25)19-27-32-26(20-37-27)28(35)30-10-12-33-13-15-36-16-14-33/h1-8,17,20,31H,9-16,18-19H2,(H,30,35). The van der Waals surface area contributed by atoms with Gasteiger partial charge in [0.2, 0.25) is 0 Å². The molecule has 3 heterocycles. The molecule has 7 nitrogen and oxygen atoms in total. The van der Waals surface area contributed by atoms with Crippen molar-refractivity contribution in [3.63, 3.8) is 0 Å². The number of amides is 1. The molecule has 5 rings (SSSR count). The molecule has 9 heteroatoms. The molecule has 194 valence electrons. The fourth-order valence-electron chi connectivity index (χ4n) is 4.60. The summed E-state index contributed by atoms with van der Waals surface area (Å²) in [6, 6.07) is 16.4. The number of carbonyl (C=O) groups excluding carboxylic acids is 1. The van der Waals surface area contributed by atoms with Crippen molar-refractivity contribution in [2.75, 3.05) is 45.9 Å². The van der Waals surface area contributed by atoms with Gasteiger partial charge in [-0.05, 0) is 35.7 Å². The zero-order chi connectivity index (χ0) is 25.5. The molecule has 0 saturated carbocycles. The molecule has 1 amide bonds. The number of para-hydroxylation sites is 1. The molecule has 2 aromatic carbocycles. The van der Waals surface area contributed by atoms with E-state index in [0.717, 1.165) is 67.9 Å². The highest BCUT2D eigenvalue weighted by molar-refractivity contribution is 7.09. The quantitative estimate of drug-likeness (QED) is 0.293. The Balaban J connectivity index is 1.21. The molecule has 0 aliphatic carbocycles. The molecular weight excluding hydrogens is 506 g/mol. The van der Waals surface area contributed by atoms with Gasteiger partial charge >= 0.3 is 0 Å². The zero-order valence-corrected chi connectivity index (χ0v) is 22.4. The van der Waals surface area contributed by atoms with Gasteiger partial charge in [-0.25, -0.2) is 4.98 Å². The van der Waals surface area contributed by atoms with Gasteiger partial charge in [-0.15, -0.1) is 11.3 Å². The smallest absolute Gasteiger partial charge is 0.270 e. The van der Waals surface area contributed by atoms with Crippen molar-refractivity contribution in [3.8, 4) is 0 Å². The van der Waals surface area contributed by atoms with Gasteiger partial charge in [-0.2, -0.15) is 0 Å². The van der Waals surface area contributed by atoms with Crippen molar-refractivity contribution in [1.29, 1.82) is 0 Å². The van der Waals surface area contributed by atoms with E-state index < -0.39 is 0 Å². The Morgan fingerprint density at radius 1 is 1.14 bits per heavy atom. The van der Waals surface area contributed by atoms with Crippen LogP contribution >= 0.6 is 22.9 Å². The van der Waals surface area contributed by atoms with Crippen LogP contribution in [0.1, 0.15) is 26.6 Å². The molecule has 4 aromatic rings. The van der Waals surface area contributed by atoms with Crippen molar-refractivity contribution < 1.29 is 9.53 Å². The summed E-state index contributed by atoms with van der Waals surface area (Å²) in [6.07, 6.45) is 3.02. The predicted octanol–water partition coefficient (Wildman–Crippen LogP) is 4.58. The van der Waals surface area contributed by atoms with Crippen molar-refractivity contribution in [2.24, 2.45) is 0 Å². The summed E-state index contributed by atoms with van der Waals surface area (Å²) in [5.74, 6) is -0.112. The number of ether oxygens (including phenoxy) is 1. The van der Waals surface area contributed by atoms with Crippen molar-refractivity contribution in [1.82, 2.24) is 25.1 Å². The van der Waals surface area contributed by atoms with E-state index in [1.165, 1.54) is 27.8 Å². The first kappa shape index (κ1) is 25.9. The van der Waals surface area contributed by atoms with E-state index >= 15 is 0 Å². The van der Waals surface area contributed by atoms with Gasteiger partial charge in [0.1, 0.15) is 10.7 Å². The summed E-state index contributed by atoms with van der Waals surface area (Å²) in [5.41, 5.74) is 4.15. The van der Waals surface area contributed by atoms with Crippen LogP contribution in [0.3, 0.4) is 0 Å². The predicted molar refractivity (Wildman–Crippen MR) is 149 cm³/mol. The van der Waals surface area contributed by atoms with Gasteiger partial charge in [0.05, 0.1) is 19.8 Å². The number of hydrogen-bond donors (Lipinski definition) is 2. The number of thiazole rings is 1. The Morgan fingerprint density at radius 2 is 1.95 bits per heavy atom. The van der Waals surface area contributed by atoms with E-state index in [9.17, 15) is 4.79 Å². The lowest BCUT2D eigenvalue weighted by atomic mass is 10.1.